The lowest BCUT2D eigenvalue weighted by atomic mass is 9.98. The minimum absolute atomic E-state index is 0.366. The summed E-state index contributed by atoms with van der Waals surface area (Å²) in [7, 11) is 0. The summed E-state index contributed by atoms with van der Waals surface area (Å²) in [5.41, 5.74) is 2.40. The van der Waals surface area contributed by atoms with E-state index in [0.29, 0.717) is 12.2 Å². The second-order valence-electron chi connectivity index (χ2n) is 4.36. The smallest absolute Gasteiger partial charge is 0.335 e. The Morgan fingerprint density at radius 1 is 1.11 bits per heavy atom. The molecule has 0 amide bonds. The third-order valence-corrected chi connectivity index (χ3v) is 2.82. The maximum Gasteiger partial charge on any atom is 0.335 e. The van der Waals surface area contributed by atoms with Gasteiger partial charge in [0.25, 0.3) is 0 Å². The lowest BCUT2D eigenvalue weighted by Gasteiger charge is -2.15. The van der Waals surface area contributed by atoms with Crippen molar-refractivity contribution in [1.29, 1.82) is 0 Å². The van der Waals surface area contributed by atoms with Crippen LogP contribution < -0.4 is 4.74 Å². The summed E-state index contributed by atoms with van der Waals surface area (Å²) in [6.07, 6.45) is 3.67. The van der Waals surface area contributed by atoms with E-state index in [2.05, 4.69) is 13.8 Å². The van der Waals surface area contributed by atoms with Crippen LogP contribution in [-0.4, -0.2) is 17.7 Å². The van der Waals surface area contributed by atoms with Crippen molar-refractivity contribution in [3.8, 4) is 5.75 Å². The molecule has 0 fully saturated rings. The van der Waals surface area contributed by atoms with Gasteiger partial charge in [-0.3, -0.25) is 0 Å². The molecular weight excluding hydrogens is 228 g/mol. The summed E-state index contributed by atoms with van der Waals surface area (Å²) < 4.78 is 5.72. The molecule has 0 saturated carbocycles. The van der Waals surface area contributed by atoms with Crippen LogP contribution in [0.4, 0.5) is 0 Å². The zero-order valence-electron chi connectivity index (χ0n) is 11.5. The number of hydrogen-bond acceptors (Lipinski definition) is 2. The van der Waals surface area contributed by atoms with Crippen LogP contribution in [0.2, 0.25) is 0 Å². The van der Waals surface area contributed by atoms with Crippen LogP contribution in [0.1, 0.15) is 55.1 Å². The van der Waals surface area contributed by atoms with Crippen molar-refractivity contribution in [2.75, 3.05) is 6.61 Å². The Labute approximate surface area is 109 Å². The van der Waals surface area contributed by atoms with E-state index in [1.165, 1.54) is 0 Å². The molecule has 0 aliphatic rings. The maximum absolute atomic E-state index is 11.1. The number of carboxylic acids is 1. The van der Waals surface area contributed by atoms with Gasteiger partial charge in [-0.2, -0.15) is 0 Å². The van der Waals surface area contributed by atoms with Gasteiger partial charge in [-0.1, -0.05) is 26.7 Å². The highest BCUT2D eigenvalue weighted by Gasteiger charge is 2.14. The summed E-state index contributed by atoms with van der Waals surface area (Å²) in [5, 5.41) is 9.15. The molecule has 3 heteroatoms. The second-order valence-corrected chi connectivity index (χ2v) is 4.36. The van der Waals surface area contributed by atoms with E-state index in [1.807, 2.05) is 6.92 Å². The normalized spacial score (nSPS) is 10.4. The number of aryl methyl sites for hydroxylation is 2. The Hall–Kier alpha value is -1.51. The maximum atomic E-state index is 11.1. The number of carboxylic acid groups (broad SMARTS) is 1. The van der Waals surface area contributed by atoms with Gasteiger partial charge in [-0.15, -0.1) is 0 Å². The Bertz CT molecular complexity index is 383. The molecule has 0 saturated heterocycles. The minimum atomic E-state index is -0.868. The average Bonchev–Trinajstić information content (AvgIpc) is 2.33. The fraction of sp³-hybridized carbons (Fsp3) is 0.533. The molecule has 1 aromatic carbocycles. The highest BCUT2D eigenvalue weighted by atomic mass is 16.5. The summed E-state index contributed by atoms with van der Waals surface area (Å²) in [5.74, 6) is 0.0268. The van der Waals surface area contributed by atoms with Crippen LogP contribution in [0, 0.1) is 0 Å². The van der Waals surface area contributed by atoms with Crippen LogP contribution in [0.25, 0.3) is 0 Å². The molecule has 1 N–H and O–H groups in total. The zero-order valence-corrected chi connectivity index (χ0v) is 11.5. The topological polar surface area (TPSA) is 46.5 Å². The van der Waals surface area contributed by atoms with Gasteiger partial charge in [-0.05, 0) is 43.0 Å². The molecule has 1 rings (SSSR count). The van der Waals surface area contributed by atoms with Crippen LogP contribution >= 0.6 is 0 Å². The van der Waals surface area contributed by atoms with E-state index in [1.54, 1.807) is 12.1 Å². The number of benzene rings is 1. The molecule has 0 aliphatic carbocycles. The van der Waals surface area contributed by atoms with Gasteiger partial charge < -0.3 is 9.84 Å². The molecule has 0 bridgehead atoms. The molecule has 3 nitrogen and oxygen atoms in total. The van der Waals surface area contributed by atoms with Gasteiger partial charge in [-0.25, -0.2) is 4.79 Å². The predicted octanol–water partition coefficient (Wildman–Crippen LogP) is 3.69. The quantitative estimate of drug-likeness (QED) is 0.802. The van der Waals surface area contributed by atoms with Crippen LogP contribution in [0.5, 0.6) is 5.75 Å². The molecule has 0 aliphatic heterocycles. The number of aromatic carboxylic acids is 1. The molecule has 0 aromatic heterocycles. The van der Waals surface area contributed by atoms with Gasteiger partial charge in [0.15, 0.2) is 0 Å². The standard InChI is InChI=1S/C15H22O3/c1-4-7-11-9-13(15(16)17)10-12(8-5-2)14(11)18-6-3/h9-10H,4-8H2,1-3H3,(H,16,17). The summed E-state index contributed by atoms with van der Waals surface area (Å²) in [6, 6.07) is 3.49. The first-order valence-corrected chi connectivity index (χ1v) is 6.65. The van der Waals surface area contributed by atoms with Crippen molar-refractivity contribution >= 4 is 5.97 Å². The zero-order chi connectivity index (χ0) is 13.5. The summed E-state index contributed by atoms with van der Waals surface area (Å²) >= 11 is 0. The van der Waals surface area contributed by atoms with Gasteiger partial charge in [0, 0.05) is 0 Å². The molecular formula is C15H22O3. The van der Waals surface area contributed by atoms with Gasteiger partial charge in [0.05, 0.1) is 12.2 Å². The van der Waals surface area contributed by atoms with Gasteiger partial charge in [0.1, 0.15) is 5.75 Å². The van der Waals surface area contributed by atoms with Crippen molar-refractivity contribution in [1.82, 2.24) is 0 Å². The van der Waals surface area contributed by atoms with Crippen molar-refractivity contribution in [2.45, 2.75) is 46.5 Å². The van der Waals surface area contributed by atoms with E-state index in [4.69, 9.17) is 9.84 Å². The van der Waals surface area contributed by atoms with Crippen molar-refractivity contribution in [3.63, 3.8) is 0 Å². The Morgan fingerprint density at radius 2 is 1.61 bits per heavy atom. The summed E-state index contributed by atoms with van der Waals surface area (Å²) in [4.78, 5) is 11.1. The number of hydrogen-bond donors (Lipinski definition) is 1. The van der Waals surface area contributed by atoms with Crippen molar-refractivity contribution in [2.24, 2.45) is 0 Å². The Morgan fingerprint density at radius 3 is 1.94 bits per heavy atom. The lowest BCUT2D eigenvalue weighted by Crippen LogP contribution is -2.06. The number of ether oxygens (including phenoxy) is 1. The molecule has 0 atom stereocenters. The predicted molar refractivity (Wildman–Crippen MR) is 72.6 cm³/mol. The van der Waals surface area contributed by atoms with Crippen molar-refractivity contribution in [3.05, 3.63) is 28.8 Å². The molecule has 0 radical (unpaired) electrons. The fourth-order valence-corrected chi connectivity index (χ4v) is 2.12. The molecule has 100 valence electrons. The highest BCUT2D eigenvalue weighted by Crippen LogP contribution is 2.28. The van der Waals surface area contributed by atoms with E-state index in [-0.39, 0.29) is 0 Å². The highest BCUT2D eigenvalue weighted by molar-refractivity contribution is 5.88. The largest absolute Gasteiger partial charge is 0.493 e. The first-order chi connectivity index (χ1) is 8.63. The van der Waals surface area contributed by atoms with E-state index < -0.39 is 5.97 Å². The van der Waals surface area contributed by atoms with Crippen LogP contribution in [-0.2, 0) is 12.8 Å². The minimum Gasteiger partial charge on any atom is -0.493 e. The van der Waals surface area contributed by atoms with Gasteiger partial charge >= 0.3 is 5.97 Å². The Kier molecular flexibility index (Phi) is 5.69. The number of rotatable bonds is 7. The lowest BCUT2D eigenvalue weighted by molar-refractivity contribution is 0.0696. The van der Waals surface area contributed by atoms with Gasteiger partial charge in [0.2, 0.25) is 0 Å². The molecule has 18 heavy (non-hydrogen) atoms. The van der Waals surface area contributed by atoms with Crippen LogP contribution in [0.15, 0.2) is 12.1 Å². The van der Waals surface area contributed by atoms with Crippen LogP contribution in [0.3, 0.4) is 0 Å². The molecule has 0 spiro atoms. The SMILES string of the molecule is CCCc1cc(C(=O)O)cc(CCC)c1OCC. The van der Waals surface area contributed by atoms with E-state index in [9.17, 15) is 4.79 Å². The summed E-state index contributed by atoms with van der Waals surface area (Å²) in [6.45, 7) is 6.74. The first-order valence-electron chi connectivity index (χ1n) is 6.65. The molecule has 0 unspecified atom stereocenters. The number of carbonyl (C=O) groups is 1. The first kappa shape index (κ1) is 14.6. The molecule has 1 aromatic rings. The second kappa shape index (κ2) is 7.04. The monoisotopic (exact) mass is 250 g/mol. The van der Waals surface area contributed by atoms with Crippen molar-refractivity contribution < 1.29 is 14.6 Å². The third kappa shape index (κ3) is 3.49. The van der Waals surface area contributed by atoms with E-state index in [0.717, 1.165) is 42.6 Å². The fourth-order valence-electron chi connectivity index (χ4n) is 2.12. The Balaban J connectivity index is 3.28. The van der Waals surface area contributed by atoms with E-state index >= 15 is 0 Å². The average molecular weight is 250 g/mol. The third-order valence-electron chi connectivity index (χ3n) is 2.82. The molecule has 0 heterocycles.